The summed E-state index contributed by atoms with van der Waals surface area (Å²) in [5.74, 6) is -0.219. The number of hydrogen-bond acceptors (Lipinski definition) is 4. The van der Waals surface area contributed by atoms with Crippen molar-refractivity contribution in [3.05, 3.63) is 46.8 Å². The van der Waals surface area contributed by atoms with Gasteiger partial charge in [-0.3, -0.25) is 4.79 Å². The number of esters is 1. The van der Waals surface area contributed by atoms with Crippen LogP contribution in [0.5, 0.6) is 0 Å². The Morgan fingerprint density at radius 3 is 2.82 bits per heavy atom. The highest BCUT2D eigenvalue weighted by molar-refractivity contribution is 5.72. The number of benzene rings is 1. The Hall–Kier alpha value is -2.14. The molecular weight excluding hydrogens is 278 g/mol. The predicted octanol–water partition coefficient (Wildman–Crippen LogP) is 1.80. The summed E-state index contributed by atoms with van der Waals surface area (Å²) in [6.45, 7) is 4.03. The van der Waals surface area contributed by atoms with E-state index in [2.05, 4.69) is 16.9 Å². The van der Waals surface area contributed by atoms with E-state index in [1.54, 1.807) is 0 Å². The molecule has 1 aliphatic heterocycles. The molecule has 5 heteroatoms. The van der Waals surface area contributed by atoms with E-state index >= 15 is 0 Å². The zero-order valence-corrected chi connectivity index (χ0v) is 13.1. The molecule has 2 heterocycles. The lowest BCUT2D eigenvalue weighted by atomic mass is 10.1. The van der Waals surface area contributed by atoms with Gasteiger partial charge in [0.05, 0.1) is 30.6 Å². The Bertz CT molecular complexity index is 674. The molecule has 1 aromatic heterocycles. The number of hydrogen-bond donors (Lipinski definition) is 1. The number of ether oxygens (including phenoxy) is 1. The number of aromatic nitrogens is 2. The van der Waals surface area contributed by atoms with E-state index in [-0.39, 0.29) is 5.97 Å². The number of aryl methyl sites for hydroxylation is 1. The molecule has 0 saturated heterocycles. The number of nitrogens with zero attached hydrogens (tertiary/aromatic N) is 2. The third kappa shape index (κ3) is 2.76. The number of methoxy groups -OCH3 is 1. The first kappa shape index (κ1) is 14.8. The highest BCUT2D eigenvalue weighted by atomic mass is 16.5. The number of rotatable bonds is 4. The van der Waals surface area contributed by atoms with Gasteiger partial charge in [0.15, 0.2) is 0 Å². The largest absolute Gasteiger partial charge is 0.469 e. The van der Waals surface area contributed by atoms with E-state index in [0.717, 1.165) is 37.2 Å². The first-order valence-electron chi connectivity index (χ1n) is 7.69. The molecule has 1 N–H and O–H groups in total. The fourth-order valence-corrected chi connectivity index (χ4v) is 2.91. The van der Waals surface area contributed by atoms with Crippen LogP contribution >= 0.6 is 0 Å². The molecule has 5 nitrogen and oxygen atoms in total. The van der Waals surface area contributed by atoms with Crippen LogP contribution in [0.2, 0.25) is 0 Å². The number of fused-ring (bicyclic) bond motifs is 1. The van der Waals surface area contributed by atoms with E-state index in [0.29, 0.717) is 6.42 Å². The van der Waals surface area contributed by atoms with Crippen LogP contribution in [0.15, 0.2) is 24.3 Å². The van der Waals surface area contributed by atoms with Gasteiger partial charge in [0.25, 0.3) is 0 Å². The summed E-state index contributed by atoms with van der Waals surface area (Å²) in [7, 11) is 1.41. The zero-order valence-electron chi connectivity index (χ0n) is 13.1. The molecule has 0 fully saturated rings. The monoisotopic (exact) mass is 299 g/mol. The number of carbonyl (C=O) groups excluding carboxylic acids is 1. The van der Waals surface area contributed by atoms with Crippen LogP contribution in [0, 0.1) is 0 Å². The van der Waals surface area contributed by atoms with Crippen LogP contribution in [-0.2, 0) is 35.3 Å². The molecule has 22 heavy (non-hydrogen) atoms. The Balaban J connectivity index is 1.91. The van der Waals surface area contributed by atoms with Gasteiger partial charge in [-0.25, -0.2) is 4.68 Å². The smallest absolute Gasteiger partial charge is 0.309 e. The maximum Gasteiger partial charge on any atom is 0.309 e. The summed E-state index contributed by atoms with van der Waals surface area (Å²) >= 11 is 0. The Labute approximate surface area is 130 Å². The second kappa shape index (κ2) is 6.32. The van der Waals surface area contributed by atoms with Crippen LogP contribution in [0.3, 0.4) is 0 Å². The fraction of sp³-hybridized carbons (Fsp3) is 0.412. The molecule has 0 spiro atoms. The molecule has 1 aliphatic rings. The Kier molecular flexibility index (Phi) is 4.24. The first-order valence-corrected chi connectivity index (χ1v) is 7.69. The third-order valence-corrected chi connectivity index (χ3v) is 4.11. The minimum Gasteiger partial charge on any atom is -0.469 e. The summed E-state index contributed by atoms with van der Waals surface area (Å²) in [6, 6.07) is 7.97. The maximum atomic E-state index is 11.3. The van der Waals surface area contributed by atoms with Crippen LogP contribution in [0.4, 0.5) is 0 Å². The van der Waals surface area contributed by atoms with Crippen molar-refractivity contribution in [1.82, 2.24) is 15.1 Å². The van der Waals surface area contributed by atoms with Gasteiger partial charge in [-0.2, -0.15) is 5.10 Å². The highest BCUT2D eigenvalue weighted by Crippen LogP contribution is 2.22. The molecule has 0 saturated carbocycles. The molecule has 0 atom stereocenters. The number of nitrogens with one attached hydrogen (secondary N) is 1. The van der Waals surface area contributed by atoms with Gasteiger partial charge in [0.2, 0.25) is 0 Å². The fourth-order valence-electron chi connectivity index (χ4n) is 2.91. The average molecular weight is 299 g/mol. The zero-order chi connectivity index (χ0) is 15.5. The van der Waals surface area contributed by atoms with Gasteiger partial charge in [-0.15, -0.1) is 0 Å². The lowest BCUT2D eigenvalue weighted by Crippen LogP contribution is -2.24. The Morgan fingerprint density at radius 1 is 1.36 bits per heavy atom. The lowest BCUT2D eigenvalue weighted by molar-refractivity contribution is -0.139. The van der Waals surface area contributed by atoms with Crippen LogP contribution in [0.25, 0.3) is 5.69 Å². The molecule has 0 aliphatic carbocycles. The van der Waals surface area contributed by atoms with E-state index in [9.17, 15) is 4.79 Å². The van der Waals surface area contributed by atoms with Crippen molar-refractivity contribution in [2.24, 2.45) is 0 Å². The summed E-state index contributed by atoms with van der Waals surface area (Å²) in [6.07, 6.45) is 2.24. The van der Waals surface area contributed by atoms with Crippen molar-refractivity contribution >= 4 is 5.97 Å². The van der Waals surface area contributed by atoms with Crippen molar-refractivity contribution < 1.29 is 9.53 Å². The average Bonchev–Trinajstić information content (AvgIpc) is 2.94. The van der Waals surface area contributed by atoms with Crippen LogP contribution in [-0.4, -0.2) is 29.4 Å². The minimum absolute atomic E-state index is 0.219. The molecule has 0 radical (unpaired) electrons. The lowest BCUT2D eigenvalue weighted by Gasteiger charge is -2.15. The van der Waals surface area contributed by atoms with Crippen molar-refractivity contribution in [3.8, 4) is 5.69 Å². The molecule has 1 aromatic carbocycles. The quantitative estimate of drug-likeness (QED) is 0.875. The van der Waals surface area contributed by atoms with E-state index in [1.165, 1.54) is 24.1 Å². The van der Waals surface area contributed by atoms with Gasteiger partial charge >= 0.3 is 5.97 Å². The SMILES string of the molecule is CCc1nn(-c2ccc(CC(=O)OC)cc2)c2c1CNCC2. The van der Waals surface area contributed by atoms with E-state index in [4.69, 9.17) is 9.84 Å². The van der Waals surface area contributed by atoms with Crippen molar-refractivity contribution in [2.45, 2.75) is 32.7 Å². The molecule has 3 rings (SSSR count). The second-order valence-corrected chi connectivity index (χ2v) is 5.48. The molecular formula is C17H21N3O2. The summed E-state index contributed by atoms with van der Waals surface area (Å²) in [4.78, 5) is 11.3. The van der Waals surface area contributed by atoms with Gasteiger partial charge in [-0.1, -0.05) is 19.1 Å². The highest BCUT2D eigenvalue weighted by Gasteiger charge is 2.20. The topological polar surface area (TPSA) is 56.2 Å². The molecule has 116 valence electrons. The summed E-state index contributed by atoms with van der Waals surface area (Å²) < 4.78 is 6.75. The predicted molar refractivity (Wildman–Crippen MR) is 84.1 cm³/mol. The molecule has 0 unspecified atom stereocenters. The van der Waals surface area contributed by atoms with Crippen LogP contribution < -0.4 is 5.32 Å². The van der Waals surface area contributed by atoms with Crippen molar-refractivity contribution in [1.29, 1.82) is 0 Å². The standard InChI is InChI=1S/C17H21N3O2/c1-3-15-14-11-18-9-8-16(14)20(19-15)13-6-4-12(5-7-13)10-17(21)22-2/h4-7,18H,3,8-11H2,1-2H3. The second-order valence-electron chi connectivity index (χ2n) is 5.48. The minimum atomic E-state index is -0.219. The summed E-state index contributed by atoms with van der Waals surface area (Å²) in [5.41, 5.74) is 5.81. The normalized spacial score (nSPS) is 13.7. The van der Waals surface area contributed by atoms with E-state index < -0.39 is 0 Å². The maximum absolute atomic E-state index is 11.3. The van der Waals surface area contributed by atoms with Gasteiger partial charge < -0.3 is 10.1 Å². The van der Waals surface area contributed by atoms with Crippen molar-refractivity contribution in [2.75, 3.05) is 13.7 Å². The molecule has 2 aromatic rings. The first-order chi connectivity index (χ1) is 10.7. The van der Waals surface area contributed by atoms with Crippen molar-refractivity contribution in [3.63, 3.8) is 0 Å². The third-order valence-electron chi connectivity index (χ3n) is 4.11. The van der Waals surface area contributed by atoms with Gasteiger partial charge in [0.1, 0.15) is 0 Å². The van der Waals surface area contributed by atoms with Gasteiger partial charge in [-0.05, 0) is 24.1 Å². The number of carbonyl (C=O) groups is 1. The van der Waals surface area contributed by atoms with E-state index in [1.807, 2.05) is 24.3 Å². The van der Waals surface area contributed by atoms with Crippen LogP contribution in [0.1, 0.15) is 29.4 Å². The van der Waals surface area contributed by atoms with Gasteiger partial charge in [0, 0.05) is 25.1 Å². The molecule has 0 amide bonds. The molecule has 0 bridgehead atoms. The Morgan fingerprint density at radius 2 is 2.14 bits per heavy atom. The summed E-state index contributed by atoms with van der Waals surface area (Å²) in [5, 5.41) is 8.19.